The molecule has 6 nitrogen and oxygen atoms in total. The first-order valence-electron chi connectivity index (χ1n) is 7.76. The molecule has 0 saturated carbocycles. The number of pyridine rings is 3. The zero-order valence-electron chi connectivity index (χ0n) is 13.5. The molecule has 0 aliphatic carbocycles. The number of halogens is 3. The lowest BCUT2D eigenvalue weighted by molar-refractivity contribution is -0.141. The highest BCUT2D eigenvalue weighted by Crippen LogP contribution is 2.30. The number of nitrogens with one attached hydrogen (secondary N) is 1. The Morgan fingerprint density at radius 3 is 2.52 bits per heavy atom. The molecular weight excluding hydrogens is 359 g/mol. The van der Waals surface area contributed by atoms with Crippen molar-refractivity contribution in [2.75, 3.05) is 0 Å². The van der Waals surface area contributed by atoms with Crippen LogP contribution in [0.3, 0.4) is 0 Å². The van der Waals surface area contributed by atoms with Gasteiger partial charge in [0.25, 0.3) is 5.56 Å². The smallest absolute Gasteiger partial charge is 0.313 e. The molecule has 4 rings (SSSR count). The van der Waals surface area contributed by atoms with E-state index in [1.165, 1.54) is 18.5 Å². The molecule has 0 atom stereocenters. The Morgan fingerprint density at radius 2 is 1.85 bits per heavy atom. The standard InChI is InChI=1S/C18H10F3N5O/c19-18(20,21)14-4-3-10(8-23-14)13-6-12-16(24-9-25-17(12)27)15(26-13)11-2-1-5-22-7-11/h1-9H,(H,24,25,27). The van der Waals surface area contributed by atoms with E-state index in [4.69, 9.17) is 0 Å². The lowest BCUT2D eigenvalue weighted by Crippen LogP contribution is -2.09. The van der Waals surface area contributed by atoms with Crippen molar-refractivity contribution in [1.29, 1.82) is 0 Å². The van der Waals surface area contributed by atoms with Crippen LogP contribution in [0.2, 0.25) is 0 Å². The number of H-pyrrole nitrogens is 1. The molecule has 0 aliphatic rings. The maximum Gasteiger partial charge on any atom is 0.433 e. The second kappa shape index (κ2) is 6.27. The van der Waals surface area contributed by atoms with Crippen LogP contribution in [-0.2, 0) is 6.18 Å². The number of aromatic nitrogens is 5. The number of fused-ring (bicyclic) bond motifs is 1. The first-order chi connectivity index (χ1) is 12.9. The number of nitrogens with zero attached hydrogens (tertiary/aromatic N) is 4. The molecule has 0 amide bonds. The molecule has 4 heterocycles. The summed E-state index contributed by atoms with van der Waals surface area (Å²) < 4.78 is 38.2. The minimum Gasteiger partial charge on any atom is -0.313 e. The molecular formula is C18H10F3N5O. The van der Waals surface area contributed by atoms with Crippen molar-refractivity contribution in [2.45, 2.75) is 6.18 Å². The quantitative estimate of drug-likeness (QED) is 0.585. The number of hydrogen-bond donors (Lipinski definition) is 1. The van der Waals surface area contributed by atoms with Gasteiger partial charge in [0.1, 0.15) is 11.2 Å². The fraction of sp³-hybridized carbons (Fsp3) is 0.0556. The minimum absolute atomic E-state index is 0.265. The van der Waals surface area contributed by atoms with Gasteiger partial charge < -0.3 is 4.98 Å². The van der Waals surface area contributed by atoms with Crippen LogP contribution in [0.5, 0.6) is 0 Å². The third-order valence-electron chi connectivity index (χ3n) is 3.91. The van der Waals surface area contributed by atoms with Crippen molar-refractivity contribution in [3.63, 3.8) is 0 Å². The number of alkyl halides is 3. The highest BCUT2D eigenvalue weighted by molar-refractivity contribution is 5.93. The van der Waals surface area contributed by atoms with E-state index in [0.29, 0.717) is 28.0 Å². The molecule has 0 fully saturated rings. The van der Waals surface area contributed by atoms with E-state index in [-0.39, 0.29) is 10.9 Å². The van der Waals surface area contributed by atoms with Crippen LogP contribution in [-0.4, -0.2) is 24.9 Å². The predicted molar refractivity (Wildman–Crippen MR) is 91.6 cm³/mol. The Hall–Kier alpha value is -3.62. The van der Waals surface area contributed by atoms with Gasteiger partial charge in [0.05, 0.1) is 23.1 Å². The second-order valence-electron chi connectivity index (χ2n) is 5.66. The van der Waals surface area contributed by atoms with Crippen molar-refractivity contribution < 1.29 is 13.2 Å². The Bertz CT molecular complexity index is 1170. The van der Waals surface area contributed by atoms with Gasteiger partial charge in [-0.3, -0.25) is 14.8 Å². The summed E-state index contributed by atoms with van der Waals surface area (Å²) in [7, 11) is 0. The van der Waals surface area contributed by atoms with Gasteiger partial charge in [-0.15, -0.1) is 0 Å². The summed E-state index contributed by atoms with van der Waals surface area (Å²) in [5.41, 5.74) is 0.673. The highest BCUT2D eigenvalue weighted by atomic mass is 19.4. The topological polar surface area (TPSA) is 84.4 Å². The van der Waals surface area contributed by atoms with Crippen molar-refractivity contribution in [1.82, 2.24) is 24.9 Å². The molecule has 0 radical (unpaired) electrons. The van der Waals surface area contributed by atoms with E-state index in [1.54, 1.807) is 24.5 Å². The van der Waals surface area contributed by atoms with Gasteiger partial charge in [-0.25, -0.2) is 9.97 Å². The third-order valence-corrected chi connectivity index (χ3v) is 3.91. The van der Waals surface area contributed by atoms with E-state index >= 15 is 0 Å². The SMILES string of the molecule is O=c1[nH]cnc2c(-c3cccnc3)nc(-c3ccc(C(F)(F)F)nc3)cc12. The minimum atomic E-state index is -4.53. The van der Waals surface area contributed by atoms with Crippen molar-refractivity contribution >= 4 is 10.9 Å². The summed E-state index contributed by atoms with van der Waals surface area (Å²) in [5, 5.41) is 0.265. The van der Waals surface area contributed by atoms with Crippen molar-refractivity contribution in [2.24, 2.45) is 0 Å². The molecule has 0 bridgehead atoms. The maximum atomic E-state index is 12.7. The van der Waals surface area contributed by atoms with E-state index in [9.17, 15) is 18.0 Å². The lowest BCUT2D eigenvalue weighted by atomic mass is 10.1. The zero-order chi connectivity index (χ0) is 19.0. The molecule has 0 saturated heterocycles. The van der Waals surface area contributed by atoms with E-state index in [2.05, 4.69) is 24.9 Å². The maximum absolute atomic E-state index is 12.7. The number of rotatable bonds is 2. The summed E-state index contributed by atoms with van der Waals surface area (Å²) in [6.45, 7) is 0. The van der Waals surface area contributed by atoms with Gasteiger partial charge >= 0.3 is 6.18 Å². The molecule has 9 heteroatoms. The Morgan fingerprint density at radius 1 is 1.00 bits per heavy atom. The van der Waals surface area contributed by atoms with Crippen LogP contribution in [0.25, 0.3) is 33.4 Å². The van der Waals surface area contributed by atoms with Crippen molar-refractivity contribution in [3.8, 4) is 22.5 Å². The van der Waals surface area contributed by atoms with Crippen LogP contribution < -0.4 is 5.56 Å². The van der Waals surface area contributed by atoms with E-state index in [0.717, 1.165) is 12.3 Å². The van der Waals surface area contributed by atoms with Crippen LogP contribution in [0.1, 0.15) is 5.69 Å². The monoisotopic (exact) mass is 369 g/mol. The summed E-state index contributed by atoms with van der Waals surface area (Å²) in [5.74, 6) is 0. The Kier molecular flexibility index (Phi) is 3.91. The summed E-state index contributed by atoms with van der Waals surface area (Å²) in [4.78, 5) is 30.9. The fourth-order valence-corrected chi connectivity index (χ4v) is 2.64. The summed E-state index contributed by atoms with van der Waals surface area (Å²) >= 11 is 0. The van der Waals surface area contributed by atoms with E-state index < -0.39 is 11.9 Å². The van der Waals surface area contributed by atoms with Crippen LogP contribution in [0.15, 0.2) is 60.0 Å². The van der Waals surface area contributed by atoms with Gasteiger partial charge in [0.15, 0.2) is 0 Å². The molecule has 0 aromatic carbocycles. The lowest BCUT2D eigenvalue weighted by Gasteiger charge is -2.09. The van der Waals surface area contributed by atoms with Gasteiger partial charge in [-0.1, -0.05) is 0 Å². The normalized spacial score (nSPS) is 11.7. The average Bonchev–Trinajstić information content (AvgIpc) is 2.68. The number of aromatic amines is 1. The van der Waals surface area contributed by atoms with Gasteiger partial charge in [0, 0.05) is 29.7 Å². The third kappa shape index (κ3) is 3.14. The van der Waals surface area contributed by atoms with Crippen LogP contribution in [0, 0.1) is 0 Å². The Labute approximate surface area is 149 Å². The fourth-order valence-electron chi connectivity index (χ4n) is 2.64. The van der Waals surface area contributed by atoms with Gasteiger partial charge in [-0.05, 0) is 30.3 Å². The van der Waals surface area contributed by atoms with Crippen molar-refractivity contribution in [3.05, 3.63) is 71.3 Å². The average molecular weight is 369 g/mol. The molecule has 0 spiro atoms. The largest absolute Gasteiger partial charge is 0.433 e. The predicted octanol–water partition coefficient (Wildman–Crippen LogP) is 3.46. The van der Waals surface area contributed by atoms with Crippen LogP contribution in [0.4, 0.5) is 13.2 Å². The zero-order valence-corrected chi connectivity index (χ0v) is 13.5. The first-order valence-corrected chi connectivity index (χ1v) is 7.76. The molecule has 4 aromatic rings. The molecule has 4 aromatic heterocycles. The molecule has 0 aliphatic heterocycles. The molecule has 134 valence electrons. The molecule has 27 heavy (non-hydrogen) atoms. The van der Waals surface area contributed by atoms with E-state index in [1.807, 2.05) is 0 Å². The van der Waals surface area contributed by atoms with Crippen LogP contribution >= 0.6 is 0 Å². The molecule has 0 unspecified atom stereocenters. The summed E-state index contributed by atoms with van der Waals surface area (Å²) in [6, 6.07) is 7.08. The highest BCUT2D eigenvalue weighted by Gasteiger charge is 2.32. The second-order valence-corrected chi connectivity index (χ2v) is 5.66. The first kappa shape index (κ1) is 16.8. The molecule has 1 N–H and O–H groups in total. The number of hydrogen-bond acceptors (Lipinski definition) is 5. The van der Waals surface area contributed by atoms with Gasteiger partial charge in [-0.2, -0.15) is 13.2 Å². The Balaban J connectivity index is 1.94. The summed E-state index contributed by atoms with van der Waals surface area (Å²) in [6.07, 6.45) is 0.979. The van der Waals surface area contributed by atoms with Gasteiger partial charge in [0.2, 0.25) is 0 Å².